The Balaban J connectivity index is 2.49. The summed E-state index contributed by atoms with van der Waals surface area (Å²) in [5.74, 6) is 1.61. The quantitative estimate of drug-likeness (QED) is 0.688. The van der Waals surface area contributed by atoms with E-state index in [9.17, 15) is 0 Å². The lowest BCUT2D eigenvalue weighted by atomic mass is 10.2. The molecule has 1 heterocycles. The molecule has 2 N–H and O–H groups in total. The van der Waals surface area contributed by atoms with Gasteiger partial charge in [-0.25, -0.2) is 4.98 Å². The van der Waals surface area contributed by atoms with E-state index in [-0.39, 0.29) is 0 Å². The highest BCUT2D eigenvalue weighted by Crippen LogP contribution is 2.17. The van der Waals surface area contributed by atoms with Crippen molar-refractivity contribution in [2.45, 2.75) is 6.92 Å². The maximum absolute atomic E-state index is 5.68. The normalized spacial score (nSPS) is 10.4. The molecule has 4 heteroatoms. The van der Waals surface area contributed by atoms with Crippen molar-refractivity contribution in [3.05, 3.63) is 30.1 Å². The first kappa shape index (κ1) is 8.74. The number of benzene rings is 1. The van der Waals surface area contributed by atoms with Crippen LogP contribution in [0.3, 0.4) is 0 Å². The molecule has 0 aliphatic heterocycles. The average molecular weight is 188 g/mol. The summed E-state index contributed by atoms with van der Waals surface area (Å²) >= 11 is 0. The van der Waals surface area contributed by atoms with Gasteiger partial charge in [-0.1, -0.05) is 12.1 Å². The summed E-state index contributed by atoms with van der Waals surface area (Å²) < 4.78 is 1.75. The standard InChI is InChI=1S/C10H12N4/c1-7-12-10(13-14(7)2)8-4-3-5-9(11)6-8/h3-6H,11H2,1-2H3. The summed E-state index contributed by atoms with van der Waals surface area (Å²) in [6.07, 6.45) is 0. The van der Waals surface area contributed by atoms with Crippen molar-refractivity contribution in [1.29, 1.82) is 0 Å². The van der Waals surface area contributed by atoms with Crippen molar-refractivity contribution in [3.8, 4) is 11.4 Å². The van der Waals surface area contributed by atoms with Crippen LogP contribution in [0.5, 0.6) is 0 Å². The molecule has 2 rings (SSSR count). The molecule has 0 bridgehead atoms. The fourth-order valence-electron chi connectivity index (χ4n) is 1.26. The van der Waals surface area contributed by atoms with E-state index in [1.807, 2.05) is 38.2 Å². The van der Waals surface area contributed by atoms with E-state index in [1.165, 1.54) is 0 Å². The van der Waals surface area contributed by atoms with Crippen molar-refractivity contribution in [3.63, 3.8) is 0 Å². The highest BCUT2D eigenvalue weighted by Gasteiger charge is 2.05. The second-order valence-electron chi connectivity index (χ2n) is 3.23. The average Bonchev–Trinajstić information content (AvgIpc) is 2.47. The second kappa shape index (κ2) is 3.14. The van der Waals surface area contributed by atoms with E-state index in [2.05, 4.69) is 10.1 Å². The predicted molar refractivity (Wildman–Crippen MR) is 55.6 cm³/mol. The van der Waals surface area contributed by atoms with Gasteiger partial charge in [0.15, 0.2) is 5.82 Å². The van der Waals surface area contributed by atoms with Gasteiger partial charge in [0.1, 0.15) is 5.82 Å². The van der Waals surface area contributed by atoms with Crippen LogP contribution in [0.4, 0.5) is 5.69 Å². The molecule has 0 amide bonds. The molecule has 0 saturated heterocycles. The SMILES string of the molecule is Cc1nc(-c2cccc(N)c2)nn1C. The van der Waals surface area contributed by atoms with Crippen molar-refractivity contribution in [1.82, 2.24) is 14.8 Å². The van der Waals surface area contributed by atoms with Gasteiger partial charge < -0.3 is 5.73 Å². The third-order valence-corrected chi connectivity index (χ3v) is 2.13. The van der Waals surface area contributed by atoms with E-state index in [1.54, 1.807) is 4.68 Å². The Labute approximate surface area is 82.4 Å². The molecule has 0 aliphatic carbocycles. The van der Waals surface area contributed by atoms with Crippen LogP contribution in [0.15, 0.2) is 24.3 Å². The van der Waals surface area contributed by atoms with Gasteiger partial charge in [0, 0.05) is 18.3 Å². The monoisotopic (exact) mass is 188 g/mol. The number of aryl methyl sites for hydroxylation is 2. The lowest BCUT2D eigenvalue weighted by molar-refractivity contribution is 0.736. The first-order valence-electron chi connectivity index (χ1n) is 4.40. The Morgan fingerprint density at radius 2 is 2.14 bits per heavy atom. The van der Waals surface area contributed by atoms with E-state index in [0.717, 1.165) is 22.9 Å². The highest BCUT2D eigenvalue weighted by molar-refractivity contribution is 5.60. The van der Waals surface area contributed by atoms with E-state index < -0.39 is 0 Å². The molecule has 72 valence electrons. The maximum Gasteiger partial charge on any atom is 0.181 e. The van der Waals surface area contributed by atoms with Crippen LogP contribution in [-0.2, 0) is 7.05 Å². The maximum atomic E-state index is 5.68. The van der Waals surface area contributed by atoms with Crippen molar-refractivity contribution >= 4 is 5.69 Å². The number of hydrogen-bond donors (Lipinski definition) is 1. The van der Waals surface area contributed by atoms with Crippen LogP contribution in [0.1, 0.15) is 5.82 Å². The molecule has 0 unspecified atom stereocenters. The highest BCUT2D eigenvalue weighted by atomic mass is 15.3. The fraction of sp³-hybridized carbons (Fsp3) is 0.200. The number of aromatic nitrogens is 3. The summed E-state index contributed by atoms with van der Waals surface area (Å²) in [6, 6.07) is 7.57. The smallest absolute Gasteiger partial charge is 0.181 e. The van der Waals surface area contributed by atoms with E-state index in [0.29, 0.717) is 0 Å². The van der Waals surface area contributed by atoms with Gasteiger partial charge >= 0.3 is 0 Å². The minimum atomic E-state index is 0.720. The first-order chi connectivity index (χ1) is 6.66. The molecule has 2 aromatic rings. The number of nitrogens with two attached hydrogens (primary N) is 1. The molecular weight excluding hydrogens is 176 g/mol. The summed E-state index contributed by atoms with van der Waals surface area (Å²) in [6.45, 7) is 1.92. The Morgan fingerprint density at radius 1 is 1.36 bits per heavy atom. The Kier molecular flexibility index (Phi) is 1.96. The zero-order chi connectivity index (χ0) is 10.1. The van der Waals surface area contributed by atoms with Crippen molar-refractivity contribution in [2.75, 3.05) is 5.73 Å². The number of nitrogens with zero attached hydrogens (tertiary/aromatic N) is 3. The topological polar surface area (TPSA) is 56.7 Å². The molecule has 14 heavy (non-hydrogen) atoms. The Bertz CT molecular complexity index is 439. The lowest BCUT2D eigenvalue weighted by Crippen LogP contribution is -1.92. The summed E-state index contributed by atoms with van der Waals surface area (Å²) in [5.41, 5.74) is 7.36. The zero-order valence-electron chi connectivity index (χ0n) is 8.23. The van der Waals surface area contributed by atoms with Crippen LogP contribution in [0, 0.1) is 6.92 Å². The Morgan fingerprint density at radius 3 is 2.71 bits per heavy atom. The third kappa shape index (κ3) is 1.46. The van der Waals surface area contributed by atoms with Crippen molar-refractivity contribution < 1.29 is 0 Å². The molecule has 0 radical (unpaired) electrons. The van der Waals surface area contributed by atoms with Gasteiger partial charge in [0.05, 0.1) is 0 Å². The molecule has 1 aromatic heterocycles. The zero-order valence-corrected chi connectivity index (χ0v) is 8.23. The molecule has 1 aromatic carbocycles. The van der Waals surface area contributed by atoms with Gasteiger partial charge in [0.25, 0.3) is 0 Å². The molecule has 0 spiro atoms. The van der Waals surface area contributed by atoms with Gasteiger partial charge in [-0.3, -0.25) is 4.68 Å². The molecule has 0 aliphatic rings. The predicted octanol–water partition coefficient (Wildman–Crippen LogP) is 1.37. The van der Waals surface area contributed by atoms with Gasteiger partial charge in [0.2, 0.25) is 0 Å². The minimum Gasteiger partial charge on any atom is -0.399 e. The van der Waals surface area contributed by atoms with Crippen LogP contribution in [0.25, 0.3) is 11.4 Å². The van der Waals surface area contributed by atoms with Gasteiger partial charge in [-0.2, -0.15) is 5.10 Å². The van der Waals surface area contributed by atoms with Crippen molar-refractivity contribution in [2.24, 2.45) is 7.05 Å². The lowest BCUT2D eigenvalue weighted by Gasteiger charge is -1.96. The third-order valence-electron chi connectivity index (χ3n) is 2.13. The molecule has 4 nitrogen and oxygen atoms in total. The summed E-state index contributed by atoms with van der Waals surface area (Å²) in [5, 5.41) is 4.27. The largest absolute Gasteiger partial charge is 0.399 e. The van der Waals surface area contributed by atoms with Crippen LogP contribution in [0.2, 0.25) is 0 Å². The molecule has 0 fully saturated rings. The van der Waals surface area contributed by atoms with Crippen LogP contribution >= 0.6 is 0 Å². The number of nitrogen functional groups attached to an aromatic ring is 1. The Hall–Kier alpha value is -1.84. The number of hydrogen-bond acceptors (Lipinski definition) is 3. The summed E-state index contributed by atoms with van der Waals surface area (Å²) in [7, 11) is 1.87. The molecule has 0 saturated carbocycles. The van der Waals surface area contributed by atoms with Gasteiger partial charge in [-0.05, 0) is 19.1 Å². The molecule has 0 atom stereocenters. The number of rotatable bonds is 1. The fourth-order valence-corrected chi connectivity index (χ4v) is 1.26. The van der Waals surface area contributed by atoms with E-state index in [4.69, 9.17) is 5.73 Å². The first-order valence-corrected chi connectivity index (χ1v) is 4.40. The number of anilines is 1. The minimum absolute atomic E-state index is 0.720. The van der Waals surface area contributed by atoms with Crippen LogP contribution < -0.4 is 5.73 Å². The van der Waals surface area contributed by atoms with Gasteiger partial charge in [-0.15, -0.1) is 0 Å². The van der Waals surface area contributed by atoms with Crippen LogP contribution in [-0.4, -0.2) is 14.8 Å². The molecular formula is C10H12N4. The summed E-state index contributed by atoms with van der Waals surface area (Å²) in [4.78, 5) is 4.32. The van der Waals surface area contributed by atoms with E-state index >= 15 is 0 Å². The second-order valence-corrected chi connectivity index (χ2v) is 3.23.